The van der Waals surface area contributed by atoms with Crippen molar-refractivity contribution in [3.63, 3.8) is 0 Å². The van der Waals surface area contributed by atoms with Crippen LogP contribution in [0.15, 0.2) is 24.3 Å². The average molecular weight is 336 g/mol. The summed E-state index contributed by atoms with van der Waals surface area (Å²) in [7, 11) is 3.44. The number of hydrogen-bond acceptors (Lipinski definition) is 4. The van der Waals surface area contributed by atoms with Crippen LogP contribution in [0.2, 0.25) is 0 Å². The largest absolute Gasteiger partial charge is 0.374 e. The Kier molecular flexibility index (Phi) is 5.48. The molecular formula is C18H25FN2O3. The smallest absolute Gasteiger partial charge is 0.248 e. The van der Waals surface area contributed by atoms with Crippen LogP contribution >= 0.6 is 0 Å². The zero-order valence-electron chi connectivity index (χ0n) is 14.3. The number of likely N-dealkylation sites (N-methyl/N-ethyl adjacent to an activating group) is 1. The fourth-order valence-electron chi connectivity index (χ4n) is 3.51. The Balaban J connectivity index is 1.66. The second-order valence-corrected chi connectivity index (χ2v) is 6.74. The van der Waals surface area contributed by atoms with Crippen LogP contribution in [0, 0.1) is 5.82 Å². The molecule has 2 aliphatic heterocycles. The van der Waals surface area contributed by atoms with Crippen molar-refractivity contribution in [1.82, 2.24) is 9.80 Å². The average Bonchev–Trinajstić information content (AvgIpc) is 2.90. The Labute approximate surface area is 142 Å². The summed E-state index contributed by atoms with van der Waals surface area (Å²) < 4.78 is 25.2. The standard InChI is InChI=1S/C18H25FN2O3/c1-20(2)17(22)12-24-16-11-21(15-7-4-8-23-18(15)16)10-13-5-3-6-14(19)9-13/h3,5-6,9,15-16,18H,4,7-8,10-12H2,1-2H3/t15-,16+,18+/m1/s1. The number of benzene rings is 1. The van der Waals surface area contributed by atoms with E-state index in [1.54, 1.807) is 26.2 Å². The molecule has 2 heterocycles. The lowest BCUT2D eigenvalue weighted by molar-refractivity contribution is -0.139. The van der Waals surface area contributed by atoms with E-state index in [0.29, 0.717) is 13.1 Å². The maximum absolute atomic E-state index is 13.4. The lowest BCUT2D eigenvalue weighted by Crippen LogP contribution is -2.42. The van der Waals surface area contributed by atoms with Crippen LogP contribution in [0.3, 0.4) is 0 Å². The SMILES string of the molecule is CN(C)C(=O)CO[C@H]1CN(Cc2cccc(F)c2)[C@@H]2CCCO[C@H]12. The normalized spacial score (nSPS) is 27.0. The number of halogens is 1. The van der Waals surface area contributed by atoms with Crippen LogP contribution in [0.4, 0.5) is 4.39 Å². The van der Waals surface area contributed by atoms with E-state index in [-0.39, 0.29) is 36.6 Å². The lowest BCUT2D eigenvalue weighted by Gasteiger charge is -2.32. The summed E-state index contributed by atoms with van der Waals surface area (Å²) in [5.41, 5.74) is 0.948. The number of ether oxygens (including phenoxy) is 2. The second-order valence-electron chi connectivity index (χ2n) is 6.74. The first-order valence-corrected chi connectivity index (χ1v) is 8.46. The predicted molar refractivity (Wildman–Crippen MR) is 88.0 cm³/mol. The van der Waals surface area contributed by atoms with Gasteiger partial charge in [-0.1, -0.05) is 12.1 Å². The highest BCUT2D eigenvalue weighted by Gasteiger charge is 2.44. The van der Waals surface area contributed by atoms with Crippen LogP contribution in [0.5, 0.6) is 0 Å². The minimum Gasteiger partial charge on any atom is -0.374 e. The number of likely N-dealkylation sites (tertiary alicyclic amines) is 1. The van der Waals surface area contributed by atoms with Crippen molar-refractivity contribution in [2.24, 2.45) is 0 Å². The maximum Gasteiger partial charge on any atom is 0.248 e. The summed E-state index contributed by atoms with van der Waals surface area (Å²) in [6.45, 7) is 2.17. The van der Waals surface area contributed by atoms with Gasteiger partial charge >= 0.3 is 0 Å². The van der Waals surface area contributed by atoms with Crippen LogP contribution < -0.4 is 0 Å². The molecule has 132 valence electrons. The fourth-order valence-corrected chi connectivity index (χ4v) is 3.51. The van der Waals surface area contributed by atoms with E-state index in [1.165, 1.54) is 11.0 Å². The van der Waals surface area contributed by atoms with Crippen molar-refractivity contribution in [3.8, 4) is 0 Å². The Morgan fingerprint density at radius 3 is 3.04 bits per heavy atom. The van der Waals surface area contributed by atoms with Crippen molar-refractivity contribution < 1.29 is 18.7 Å². The second kappa shape index (κ2) is 7.59. The highest BCUT2D eigenvalue weighted by atomic mass is 19.1. The first-order valence-electron chi connectivity index (χ1n) is 8.46. The van der Waals surface area contributed by atoms with Gasteiger partial charge in [-0.15, -0.1) is 0 Å². The first kappa shape index (κ1) is 17.3. The summed E-state index contributed by atoms with van der Waals surface area (Å²) in [4.78, 5) is 15.6. The minimum atomic E-state index is -0.215. The molecule has 3 atom stereocenters. The molecule has 2 saturated heterocycles. The van der Waals surface area contributed by atoms with E-state index in [4.69, 9.17) is 9.47 Å². The molecule has 1 amide bonds. The Morgan fingerprint density at radius 2 is 2.29 bits per heavy atom. The predicted octanol–water partition coefficient (Wildman–Crippen LogP) is 1.66. The molecule has 3 rings (SSSR count). The number of amides is 1. The Hall–Kier alpha value is -1.50. The fraction of sp³-hybridized carbons (Fsp3) is 0.611. The monoisotopic (exact) mass is 336 g/mol. The van der Waals surface area contributed by atoms with Gasteiger partial charge in [0, 0.05) is 39.8 Å². The highest BCUT2D eigenvalue weighted by Crippen LogP contribution is 2.31. The number of hydrogen-bond donors (Lipinski definition) is 0. The van der Waals surface area contributed by atoms with E-state index >= 15 is 0 Å². The van der Waals surface area contributed by atoms with Gasteiger partial charge in [0.1, 0.15) is 18.5 Å². The van der Waals surface area contributed by atoms with Crippen molar-refractivity contribution in [2.75, 3.05) is 33.9 Å². The first-order chi connectivity index (χ1) is 11.5. The number of carbonyl (C=O) groups is 1. The summed E-state index contributed by atoms with van der Waals surface area (Å²) in [6.07, 6.45) is 1.93. The van der Waals surface area contributed by atoms with E-state index in [1.807, 2.05) is 6.07 Å². The highest BCUT2D eigenvalue weighted by molar-refractivity contribution is 5.76. The molecule has 0 radical (unpaired) electrons. The molecule has 5 nitrogen and oxygen atoms in total. The van der Waals surface area contributed by atoms with Crippen molar-refractivity contribution in [3.05, 3.63) is 35.6 Å². The van der Waals surface area contributed by atoms with Gasteiger partial charge in [0.2, 0.25) is 5.91 Å². The van der Waals surface area contributed by atoms with Gasteiger partial charge in [-0.05, 0) is 30.5 Å². The molecule has 0 N–H and O–H groups in total. The Bertz CT molecular complexity index is 581. The molecule has 2 fully saturated rings. The summed E-state index contributed by atoms with van der Waals surface area (Å²) in [5.74, 6) is -0.265. The van der Waals surface area contributed by atoms with Gasteiger partial charge < -0.3 is 14.4 Å². The van der Waals surface area contributed by atoms with E-state index < -0.39 is 0 Å². The summed E-state index contributed by atoms with van der Waals surface area (Å²) >= 11 is 0. The van der Waals surface area contributed by atoms with E-state index in [9.17, 15) is 9.18 Å². The molecule has 0 bridgehead atoms. The number of nitrogens with zero attached hydrogens (tertiary/aromatic N) is 2. The minimum absolute atomic E-state index is 0.0118. The zero-order valence-corrected chi connectivity index (χ0v) is 14.3. The molecule has 1 aromatic rings. The lowest BCUT2D eigenvalue weighted by atomic mass is 10.0. The zero-order chi connectivity index (χ0) is 17.1. The third kappa shape index (κ3) is 3.94. The molecule has 0 aliphatic carbocycles. The van der Waals surface area contributed by atoms with Gasteiger partial charge in [-0.2, -0.15) is 0 Å². The van der Waals surface area contributed by atoms with Crippen LogP contribution in [-0.4, -0.2) is 67.8 Å². The molecule has 0 unspecified atom stereocenters. The van der Waals surface area contributed by atoms with Gasteiger partial charge in [0.05, 0.1) is 6.10 Å². The quantitative estimate of drug-likeness (QED) is 0.820. The van der Waals surface area contributed by atoms with Crippen molar-refractivity contribution in [2.45, 2.75) is 37.6 Å². The third-order valence-electron chi connectivity index (χ3n) is 4.78. The Morgan fingerprint density at radius 1 is 1.46 bits per heavy atom. The number of fused-ring (bicyclic) bond motifs is 1. The van der Waals surface area contributed by atoms with E-state index in [2.05, 4.69) is 4.90 Å². The van der Waals surface area contributed by atoms with Crippen molar-refractivity contribution in [1.29, 1.82) is 0 Å². The maximum atomic E-state index is 13.4. The topological polar surface area (TPSA) is 42.0 Å². The van der Waals surface area contributed by atoms with Gasteiger partial charge in [-0.25, -0.2) is 4.39 Å². The molecule has 1 aromatic carbocycles. The van der Waals surface area contributed by atoms with Crippen LogP contribution in [0.1, 0.15) is 18.4 Å². The van der Waals surface area contributed by atoms with E-state index in [0.717, 1.165) is 25.0 Å². The molecule has 0 spiro atoms. The van der Waals surface area contributed by atoms with Gasteiger partial charge in [0.15, 0.2) is 0 Å². The number of rotatable bonds is 5. The molecule has 0 aromatic heterocycles. The summed E-state index contributed by atoms with van der Waals surface area (Å²) in [5, 5.41) is 0. The molecule has 2 aliphatic rings. The third-order valence-corrected chi connectivity index (χ3v) is 4.78. The molecule has 6 heteroatoms. The van der Waals surface area contributed by atoms with Crippen molar-refractivity contribution >= 4 is 5.91 Å². The van der Waals surface area contributed by atoms with Gasteiger partial charge in [0.25, 0.3) is 0 Å². The molecular weight excluding hydrogens is 311 g/mol. The number of carbonyl (C=O) groups excluding carboxylic acids is 1. The van der Waals surface area contributed by atoms with Gasteiger partial charge in [-0.3, -0.25) is 9.69 Å². The molecule has 24 heavy (non-hydrogen) atoms. The van der Waals surface area contributed by atoms with Crippen LogP contribution in [0.25, 0.3) is 0 Å². The summed E-state index contributed by atoms with van der Waals surface area (Å²) in [6, 6.07) is 6.97. The molecule has 0 saturated carbocycles. The van der Waals surface area contributed by atoms with Crippen LogP contribution in [-0.2, 0) is 20.8 Å².